The second-order valence-electron chi connectivity index (χ2n) is 8.43. The molecule has 0 aliphatic carbocycles. The van der Waals surface area contributed by atoms with Crippen LogP contribution in [-0.2, 0) is 4.79 Å². The number of fused-ring (bicyclic) bond motifs is 1. The average Bonchev–Trinajstić information content (AvgIpc) is 3.51. The van der Waals surface area contributed by atoms with Crippen LogP contribution in [0, 0.1) is 18.7 Å². The summed E-state index contributed by atoms with van der Waals surface area (Å²) in [5.74, 6) is 1.17. The van der Waals surface area contributed by atoms with Gasteiger partial charge in [-0.2, -0.15) is 4.98 Å². The molecule has 1 saturated heterocycles. The van der Waals surface area contributed by atoms with Crippen LogP contribution in [0.3, 0.4) is 0 Å². The fourth-order valence-electron chi connectivity index (χ4n) is 4.15. The number of anilines is 3. The standard InChI is InChI=1S/C24H25FN6O2S/c1-14-13-34-24(26-14)30-22(32)16-8-10-31(11-9-16)23-28-18-6-3-5-17(25)20(18)21(29-23)27-15(2)19-7-4-12-33-19/h3-7,12-13,15-16H,8-11H2,1-2H3,(H,26,30,32)(H,27,28,29). The van der Waals surface area contributed by atoms with Crippen LogP contribution >= 0.6 is 11.3 Å². The Morgan fingerprint density at radius 1 is 1.21 bits per heavy atom. The number of benzene rings is 1. The molecule has 5 rings (SSSR count). The van der Waals surface area contributed by atoms with Crippen LogP contribution in [0.1, 0.15) is 37.3 Å². The number of nitrogens with one attached hydrogen (secondary N) is 2. The van der Waals surface area contributed by atoms with E-state index in [0.29, 0.717) is 53.7 Å². The maximum atomic E-state index is 14.7. The maximum Gasteiger partial charge on any atom is 0.229 e. The smallest absolute Gasteiger partial charge is 0.229 e. The quantitative estimate of drug-likeness (QED) is 0.394. The molecule has 4 heterocycles. The van der Waals surface area contributed by atoms with E-state index in [-0.39, 0.29) is 23.7 Å². The average molecular weight is 481 g/mol. The van der Waals surface area contributed by atoms with Crippen molar-refractivity contribution in [3.8, 4) is 0 Å². The molecule has 1 aromatic carbocycles. The molecule has 34 heavy (non-hydrogen) atoms. The van der Waals surface area contributed by atoms with E-state index in [1.165, 1.54) is 17.4 Å². The van der Waals surface area contributed by atoms with Gasteiger partial charge in [-0.05, 0) is 51.0 Å². The molecule has 0 bridgehead atoms. The third-order valence-corrected chi connectivity index (χ3v) is 6.86. The summed E-state index contributed by atoms with van der Waals surface area (Å²) in [6.07, 6.45) is 2.95. The molecule has 1 aliphatic rings. The van der Waals surface area contributed by atoms with E-state index >= 15 is 0 Å². The summed E-state index contributed by atoms with van der Waals surface area (Å²) < 4.78 is 20.2. The second kappa shape index (κ2) is 9.38. The summed E-state index contributed by atoms with van der Waals surface area (Å²) in [5, 5.41) is 9.09. The zero-order valence-corrected chi connectivity index (χ0v) is 19.7. The molecule has 3 aromatic heterocycles. The molecule has 4 aromatic rings. The fourth-order valence-corrected chi connectivity index (χ4v) is 4.84. The second-order valence-corrected chi connectivity index (χ2v) is 9.29. The van der Waals surface area contributed by atoms with Gasteiger partial charge in [0.1, 0.15) is 17.4 Å². The van der Waals surface area contributed by atoms with Gasteiger partial charge in [0.25, 0.3) is 0 Å². The van der Waals surface area contributed by atoms with E-state index in [0.717, 1.165) is 11.5 Å². The van der Waals surface area contributed by atoms with Gasteiger partial charge in [0.2, 0.25) is 11.9 Å². The Hall–Kier alpha value is -3.53. The summed E-state index contributed by atoms with van der Waals surface area (Å²) in [5.41, 5.74) is 1.42. The van der Waals surface area contributed by atoms with Crippen molar-refractivity contribution in [1.29, 1.82) is 0 Å². The molecule has 176 valence electrons. The summed E-state index contributed by atoms with van der Waals surface area (Å²) in [6, 6.07) is 8.30. The number of halogens is 1. The Balaban J connectivity index is 1.34. The zero-order chi connectivity index (χ0) is 23.7. The number of carbonyl (C=O) groups is 1. The third kappa shape index (κ3) is 4.58. The SMILES string of the molecule is Cc1csc(NC(=O)C2CCN(c3nc(NC(C)c4ccco4)c4c(F)cccc4n3)CC2)n1. The molecule has 1 aliphatic heterocycles. The predicted molar refractivity (Wildman–Crippen MR) is 131 cm³/mol. The first-order valence-electron chi connectivity index (χ1n) is 11.2. The van der Waals surface area contributed by atoms with Crippen molar-refractivity contribution in [1.82, 2.24) is 15.0 Å². The Kier molecular flexibility index (Phi) is 6.14. The van der Waals surface area contributed by atoms with E-state index in [2.05, 4.69) is 25.6 Å². The molecule has 1 fully saturated rings. The van der Waals surface area contributed by atoms with Crippen LogP contribution in [0.2, 0.25) is 0 Å². The van der Waals surface area contributed by atoms with Crippen molar-refractivity contribution in [2.24, 2.45) is 5.92 Å². The minimum absolute atomic E-state index is 0.00914. The number of nitrogens with zero attached hydrogens (tertiary/aromatic N) is 4. The number of aryl methyl sites for hydroxylation is 1. The molecular formula is C24H25FN6O2S. The predicted octanol–water partition coefficient (Wildman–Crippen LogP) is 5.16. The van der Waals surface area contributed by atoms with Crippen LogP contribution in [0.15, 0.2) is 46.4 Å². The van der Waals surface area contributed by atoms with Gasteiger partial charge in [-0.25, -0.2) is 14.4 Å². The minimum Gasteiger partial charge on any atom is -0.467 e. The molecule has 0 spiro atoms. The molecular weight excluding hydrogens is 455 g/mol. The van der Waals surface area contributed by atoms with Crippen LogP contribution < -0.4 is 15.5 Å². The van der Waals surface area contributed by atoms with Gasteiger partial charge in [0, 0.05) is 24.4 Å². The number of furan rings is 1. The number of piperidine rings is 1. The Morgan fingerprint density at radius 3 is 2.74 bits per heavy atom. The van der Waals surface area contributed by atoms with E-state index in [4.69, 9.17) is 4.42 Å². The highest BCUT2D eigenvalue weighted by atomic mass is 32.1. The lowest BCUT2D eigenvalue weighted by Crippen LogP contribution is -2.39. The minimum atomic E-state index is -0.383. The molecule has 8 nitrogen and oxygen atoms in total. The molecule has 10 heteroatoms. The first kappa shape index (κ1) is 22.3. The number of rotatable bonds is 6. The van der Waals surface area contributed by atoms with Gasteiger partial charge < -0.3 is 20.0 Å². The van der Waals surface area contributed by atoms with E-state index in [9.17, 15) is 9.18 Å². The number of aromatic nitrogens is 3. The monoisotopic (exact) mass is 480 g/mol. The normalized spacial score (nSPS) is 15.4. The summed E-state index contributed by atoms with van der Waals surface area (Å²) in [6.45, 7) is 5.09. The van der Waals surface area contributed by atoms with Gasteiger partial charge >= 0.3 is 0 Å². The summed E-state index contributed by atoms with van der Waals surface area (Å²) in [4.78, 5) is 28.3. The number of hydrogen-bond donors (Lipinski definition) is 2. The first-order chi connectivity index (χ1) is 16.5. The van der Waals surface area contributed by atoms with Crippen molar-refractivity contribution >= 4 is 45.0 Å². The molecule has 0 saturated carbocycles. The van der Waals surface area contributed by atoms with Gasteiger partial charge in [0.05, 0.1) is 28.9 Å². The highest BCUT2D eigenvalue weighted by Gasteiger charge is 2.28. The Morgan fingerprint density at radius 2 is 2.03 bits per heavy atom. The molecule has 0 radical (unpaired) electrons. The maximum absolute atomic E-state index is 14.7. The largest absolute Gasteiger partial charge is 0.467 e. The number of amides is 1. The summed E-state index contributed by atoms with van der Waals surface area (Å²) >= 11 is 1.43. The van der Waals surface area contributed by atoms with Crippen molar-refractivity contribution in [2.75, 3.05) is 28.6 Å². The van der Waals surface area contributed by atoms with Crippen LogP contribution in [0.25, 0.3) is 10.9 Å². The summed E-state index contributed by atoms with van der Waals surface area (Å²) in [7, 11) is 0. The van der Waals surface area contributed by atoms with Gasteiger partial charge in [-0.3, -0.25) is 4.79 Å². The highest BCUT2D eigenvalue weighted by Crippen LogP contribution is 2.31. The van der Waals surface area contributed by atoms with Crippen molar-refractivity contribution < 1.29 is 13.6 Å². The van der Waals surface area contributed by atoms with Gasteiger partial charge in [0.15, 0.2) is 5.13 Å². The molecule has 1 atom stereocenters. The highest BCUT2D eigenvalue weighted by molar-refractivity contribution is 7.13. The van der Waals surface area contributed by atoms with E-state index < -0.39 is 0 Å². The molecule has 1 amide bonds. The topological polar surface area (TPSA) is 96.2 Å². The van der Waals surface area contributed by atoms with E-state index in [1.54, 1.807) is 18.4 Å². The zero-order valence-electron chi connectivity index (χ0n) is 18.9. The lowest BCUT2D eigenvalue weighted by molar-refractivity contribution is -0.120. The van der Waals surface area contributed by atoms with Crippen molar-refractivity contribution in [3.05, 3.63) is 59.2 Å². The Bertz CT molecular complexity index is 1300. The fraction of sp³-hybridized carbons (Fsp3) is 0.333. The van der Waals surface area contributed by atoms with Crippen LogP contribution in [0.4, 0.5) is 21.3 Å². The van der Waals surface area contributed by atoms with Crippen LogP contribution in [0.5, 0.6) is 0 Å². The number of thiazole rings is 1. The Labute approximate surface area is 200 Å². The van der Waals surface area contributed by atoms with Crippen molar-refractivity contribution in [3.63, 3.8) is 0 Å². The lowest BCUT2D eigenvalue weighted by atomic mass is 9.96. The number of hydrogen-bond acceptors (Lipinski definition) is 8. The lowest BCUT2D eigenvalue weighted by Gasteiger charge is -2.31. The number of carbonyl (C=O) groups excluding carboxylic acids is 1. The third-order valence-electron chi connectivity index (χ3n) is 5.98. The molecule has 1 unspecified atom stereocenters. The van der Waals surface area contributed by atoms with Gasteiger partial charge in [-0.15, -0.1) is 11.3 Å². The van der Waals surface area contributed by atoms with Gasteiger partial charge in [-0.1, -0.05) is 6.07 Å². The first-order valence-corrected chi connectivity index (χ1v) is 12.1. The molecule has 2 N–H and O–H groups in total. The van der Waals surface area contributed by atoms with E-state index in [1.807, 2.05) is 36.3 Å². The van der Waals surface area contributed by atoms with Crippen molar-refractivity contribution in [2.45, 2.75) is 32.7 Å². The van der Waals surface area contributed by atoms with Crippen LogP contribution in [-0.4, -0.2) is 33.9 Å².